The van der Waals surface area contributed by atoms with E-state index in [4.69, 9.17) is 0 Å². The predicted molar refractivity (Wildman–Crippen MR) is 99.9 cm³/mol. The van der Waals surface area contributed by atoms with Crippen LogP contribution in [0.5, 0.6) is 0 Å². The highest BCUT2D eigenvalue weighted by atomic mass is 31.0. The lowest BCUT2D eigenvalue weighted by molar-refractivity contribution is 1.38. The van der Waals surface area contributed by atoms with E-state index in [2.05, 4.69) is 53.0 Å². The van der Waals surface area contributed by atoms with Gasteiger partial charge < -0.3 is 0 Å². The molecule has 0 aliphatic heterocycles. The van der Waals surface area contributed by atoms with E-state index < -0.39 is 0 Å². The summed E-state index contributed by atoms with van der Waals surface area (Å²) >= 11 is 0. The van der Waals surface area contributed by atoms with Gasteiger partial charge in [-0.2, -0.15) is 0 Å². The van der Waals surface area contributed by atoms with Crippen molar-refractivity contribution in [2.75, 3.05) is 0 Å². The average molecular weight is 300 g/mol. The van der Waals surface area contributed by atoms with E-state index in [9.17, 15) is 0 Å². The Labute approximate surface area is 125 Å². The van der Waals surface area contributed by atoms with Crippen LogP contribution in [0, 0.1) is 27.7 Å². The molecule has 0 bridgehead atoms. The first-order chi connectivity index (χ1) is 9.49. The van der Waals surface area contributed by atoms with Gasteiger partial charge in [0, 0.05) is 0 Å². The van der Waals surface area contributed by atoms with Crippen LogP contribution in [0.1, 0.15) is 43.4 Å². The third-order valence-corrected chi connectivity index (χ3v) is 7.42. The Balaban J connectivity index is 2.39. The maximum absolute atomic E-state index is 3.92. The van der Waals surface area contributed by atoms with Crippen molar-refractivity contribution < 1.29 is 0 Å². The van der Waals surface area contributed by atoms with Gasteiger partial charge in [0.2, 0.25) is 0 Å². The fraction of sp³-hybridized carbons (Fsp3) is 0.222. The topological polar surface area (TPSA) is 0 Å². The zero-order valence-electron chi connectivity index (χ0n) is 12.7. The standard InChI is InChI=1S/C18H22P2/c1-7-15-11(3)13(5)17(19-15)9-10-18-14(6)12(4)16(8-2)20-18/h7-10,19-20H,1-2H2,3-6H3/b10-9+. The van der Waals surface area contributed by atoms with E-state index in [0.717, 1.165) is 16.4 Å². The third-order valence-electron chi connectivity index (χ3n) is 4.10. The molecule has 0 radical (unpaired) electrons. The van der Waals surface area contributed by atoms with E-state index >= 15 is 0 Å². The van der Waals surface area contributed by atoms with E-state index in [1.807, 2.05) is 12.2 Å². The molecule has 20 heavy (non-hydrogen) atoms. The van der Waals surface area contributed by atoms with Crippen LogP contribution in [0.15, 0.2) is 13.2 Å². The van der Waals surface area contributed by atoms with Crippen LogP contribution in [0.25, 0.3) is 24.3 Å². The van der Waals surface area contributed by atoms with E-state index in [0.29, 0.717) is 0 Å². The van der Waals surface area contributed by atoms with Gasteiger partial charge in [-0.25, -0.2) is 0 Å². The minimum atomic E-state index is 0.756. The lowest BCUT2D eigenvalue weighted by atomic mass is 10.1. The molecule has 0 saturated carbocycles. The molecule has 0 aromatic carbocycles. The molecule has 2 aromatic heterocycles. The quantitative estimate of drug-likeness (QED) is 0.609. The molecule has 2 heteroatoms. The van der Waals surface area contributed by atoms with Crippen LogP contribution in [-0.4, -0.2) is 0 Å². The van der Waals surface area contributed by atoms with Crippen molar-refractivity contribution in [3.63, 3.8) is 0 Å². The summed E-state index contributed by atoms with van der Waals surface area (Å²) in [5.74, 6) is 0. The Morgan fingerprint density at radius 1 is 0.600 bits per heavy atom. The van der Waals surface area contributed by atoms with E-state index in [-0.39, 0.29) is 0 Å². The molecule has 0 N–H and O–H groups in total. The summed E-state index contributed by atoms with van der Waals surface area (Å²) in [4.78, 5) is 0. The molecule has 2 heterocycles. The zero-order chi connectivity index (χ0) is 14.9. The summed E-state index contributed by atoms with van der Waals surface area (Å²) in [6, 6.07) is 0. The van der Waals surface area contributed by atoms with Gasteiger partial charge in [-0.05, 0) is 71.1 Å². The monoisotopic (exact) mass is 300 g/mol. The first-order valence-electron chi connectivity index (χ1n) is 6.80. The molecule has 0 fully saturated rings. The second-order valence-corrected chi connectivity index (χ2v) is 7.80. The van der Waals surface area contributed by atoms with Crippen LogP contribution in [0.3, 0.4) is 0 Å². The molecule has 0 aliphatic carbocycles. The molecule has 2 atom stereocenters. The van der Waals surface area contributed by atoms with Crippen molar-refractivity contribution in [1.82, 2.24) is 0 Å². The number of hydrogen-bond acceptors (Lipinski definition) is 0. The van der Waals surface area contributed by atoms with Gasteiger partial charge in [0.15, 0.2) is 0 Å². The predicted octanol–water partition coefficient (Wildman–Crippen LogP) is 6.44. The largest absolute Gasteiger partial charge is 0.124 e. The summed E-state index contributed by atoms with van der Waals surface area (Å²) in [6.45, 7) is 16.7. The lowest BCUT2D eigenvalue weighted by Crippen LogP contribution is -1.77. The molecule has 2 rings (SSSR count). The highest BCUT2D eigenvalue weighted by Crippen LogP contribution is 2.37. The van der Waals surface area contributed by atoms with Crippen LogP contribution in [0.4, 0.5) is 0 Å². The molecule has 104 valence electrons. The summed E-state index contributed by atoms with van der Waals surface area (Å²) < 4.78 is 0. The van der Waals surface area contributed by atoms with Gasteiger partial charge in [-0.1, -0.05) is 37.5 Å². The van der Waals surface area contributed by atoms with Gasteiger partial charge in [-0.15, -0.1) is 16.4 Å². The highest BCUT2D eigenvalue weighted by molar-refractivity contribution is 7.34. The highest BCUT2D eigenvalue weighted by Gasteiger charge is 2.07. The van der Waals surface area contributed by atoms with E-state index in [1.165, 1.54) is 43.4 Å². The van der Waals surface area contributed by atoms with Crippen LogP contribution in [0.2, 0.25) is 0 Å². The van der Waals surface area contributed by atoms with Crippen molar-refractivity contribution in [1.29, 1.82) is 0 Å². The molecule has 0 saturated heterocycles. The number of rotatable bonds is 4. The Bertz CT molecular complexity index is 633. The third kappa shape index (κ3) is 2.64. The lowest BCUT2D eigenvalue weighted by Gasteiger charge is -1.95. The molecular formula is C18H22P2. The minimum Gasteiger partial charge on any atom is -0.124 e. The van der Waals surface area contributed by atoms with E-state index in [1.54, 1.807) is 0 Å². The van der Waals surface area contributed by atoms with Crippen LogP contribution < -0.4 is 0 Å². The maximum Gasteiger partial charge on any atom is -0.00524 e. The van der Waals surface area contributed by atoms with Crippen molar-refractivity contribution in [3.05, 3.63) is 56.6 Å². The molecular weight excluding hydrogens is 278 g/mol. The molecule has 2 aromatic rings. The molecule has 0 spiro atoms. The van der Waals surface area contributed by atoms with Gasteiger partial charge in [0.25, 0.3) is 0 Å². The van der Waals surface area contributed by atoms with Crippen molar-refractivity contribution in [2.24, 2.45) is 0 Å². The minimum absolute atomic E-state index is 0.756. The molecule has 0 nitrogen and oxygen atoms in total. The maximum atomic E-state index is 3.92. The average Bonchev–Trinajstić information content (AvgIpc) is 2.88. The van der Waals surface area contributed by atoms with Crippen LogP contribution in [-0.2, 0) is 0 Å². The smallest absolute Gasteiger partial charge is 0.00524 e. The molecule has 2 unspecified atom stereocenters. The van der Waals surface area contributed by atoms with Crippen molar-refractivity contribution in [3.8, 4) is 0 Å². The Kier molecular flexibility index (Phi) is 4.59. The summed E-state index contributed by atoms with van der Waals surface area (Å²) in [7, 11) is 1.51. The normalized spacial score (nSPS) is 12.0. The van der Waals surface area contributed by atoms with Gasteiger partial charge >= 0.3 is 0 Å². The Morgan fingerprint density at radius 3 is 1.15 bits per heavy atom. The Hall–Kier alpha value is -1.22. The molecule has 0 aliphatic rings. The summed E-state index contributed by atoms with van der Waals surface area (Å²) in [5, 5.41) is 5.69. The Morgan fingerprint density at radius 2 is 0.900 bits per heavy atom. The second-order valence-electron chi connectivity index (χ2n) is 5.15. The first-order valence-corrected chi connectivity index (χ1v) is 8.80. The second kappa shape index (κ2) is 6.04. The first kappa shape index (κ1) is 15.2. The summed E-state index contributed by atoms with van der Waals surface area (Å²) in [6.07, 6.45) is 8.61. The fourth-order valence-corrected chi connectivity index (χ4v) is 5.00. The molecule has 0 amide bonds. The van der Waals surface area contributed by atoms with Gasteiger partial charge in [-0.3, -0.25) is 0 Å². The van der Waals surface area contributed by atoms with Crippen molar-refractivity contribution in [2.45, 2.75) is 27.7 Å². The zero-order valence-corrected chi connectivity index (χ0v) is 14.7. The van der Waals surface area contributed by atoms with Crippen molar-refractivity contribution >= 4 is 40.7 Å². The number of hydrogen-bond donors (Lipinski definition) is 0. The van der Waals surface area contributed by atoms with Crippen LogP contribution >= 0.6 is 16.4 Å². The SMILES string of the molecule is C=Cc1[pH]c(/C=C/c2[pH]c(C=C)c(C)c2C)c(C)c1C. The van der Waals surface area contributed by atoms with Gasteiger partial charge in [0.1, 0.15) is 0 Å². The fourth-order valence-electron chi connectivity index (χ4n) is 2.38. The van der Waals surface area contributed by atoms with Gasteiger partial charge in [0.05, 0.1) is 0 Å². The summed E-state index contributed by atoms with van der Waals surface area (Å²) in [5.41, 5.74) is 5.64.